The van der Waals surface area contributed by atoms with Crippen molar-refractivity contribution >= 4 is 17.7 Å². The number of rotatable bonds is 4. The summed E-state index contributed by atoms with van der Waals surface area (Å²) < 4.78 is 0. The summed E-state index contributed by atoms with van der Waals surface area (Å²) in [6.45, 7) is 3.10. The van der Waals surface area contributed by atoms with E-state index in [2.05, 4.69) is 24.4 Å². The first-order valence-corrected chi connectivity index (χ1v) is 5.19. The van der Waals surface area contributed by atoms with Crippen molar-refractivity contribution < 1.29 is 0 Å². The van der Waals surface area contributed by atoms with Gasteiger partial charge in [-0.2, -0.15) is 0 Å². The monoisotopic (exact) mass is 209 g/mol. The lowest BCUT2D eigenvalue weighted by molar-refractivity contribution is 0.809. The molecule has 0 aliphatic rings. The predicted molar refractivity (Wildman–Crippen MR) is 63.8 cm³/mol. The Morgan fingerprint density at radius 3 is 2.93 bits per heavy atom. The van der Waals surface area contributed by atoms with Gasteiger partial charge in [-0.25, -0.2) is 0 Å². The molecule has 0 unspecified atom stereocenters. The van der Waals surface area contributed by atoms with Crippen LogP contribution in [0.5, 0.6) is 0 Å². The molecule has 0 aliphatic heterocycles. The van der Waals surface area contributed by atoms with Gasteiger partial charge in [-0.15, -0.1) is 0 Å². The molecule has 1 N–H and O–H groups in total. The van der Waals surface area contributed by atoms with Crippen molar-refractivity contribution in [2.75, 3.05) is 13.6 Å². The summed E-state index contributed by atoms with van der Waals surface area (Å²) in [5.74, 6) is 0. The lowest BCUT2D eigenvalue weighted by Crippen LogP contribution is -2.05. The average Bonchev–Trinajstić information content (AvgIpc) is 2.18. The van der Waals surface area contributed by atoms with Crippen molar-refractivity contribution in [3.05, 3.63) is 40.4 Å². The van der Waals surface area contributed by atoms with Crippen LogP contribution in [0.1, 0.15) is 17.5 Å². The van der Waals surface area contributed by atoms with E-state index in [4.69, 9.17) is 11.6 Å². The molecule has 0 bridgehead atoms. The predicted octanol–water partition coefficient (Wildman–Crippen LogP) is 3.27. The van der Waals surface area contributed by atoms with Gasteiger partial charge in [0, 0.05) is 5.02 Å². The number of hydrogen-bond acceptors (Lipinski definition) is 1. The summed E-state index contributed by atoms with van der Waals surface area (Å²) in [6.07, 6.45) is 5.33. The number of halogens is 1. The molecule has 1 aromatic rings. The Labute approximate surface area is 90.8 Å². The van der Waals surface area contributed by atoms with Gasteiger partial charge in [-0.1, -0.05) is 29.8 Å². The van der Waals surface area contributed by atoms with E-state index in [9.17, 15) is 0 Å². The minimum atomic E-state index is 0.795. The van der Waals surface area contributed by atoms with Gasteiger partial charge in [-0.05, 0) is 50.2 Å². The van der Waals surface area contributed by atoms with Crippen molar-refractivity contribution in [2.24, 2.45) is 0 Å². The number of benzene rings is 1. The second-order valence-electron chi connectivity index (χ2n) is 3.30. The van der Waals surface area contributed by atoms with Crippen LogP contribution in [0.4, 0.5) is 0 Å². The molecule has 1 rings (SSSR count). The molecule has 0 aromatic heterocycles. The standard InChI is InChI=1S/C12H16ClN/c1-10-6-7-12(13)9-11(10)5-3-4-8-14-2/h3,5-7,9,14H,4,8H2,1-2H3. The van der Waals surface area contributed by atoms with E-state index in [0.29, 0.717) is 0 Å². The maximum absolute atomic E-state index is 5.91. The molecule has 0 aliphatic carbocycles. The Morgan fingerprint density at radius 1 is 1.43 bits per heavy atom. The first-order chi connectivity index (χ1) is 6.74. The second-order valence-corrected chi connectivity index (χ2v) is 3.73. The van der Waals surface area contributed by atoms with Crippen molar-refractivity contribution in [3.8, 4) is 0 Å². The van der Waals surface area contributed by atoms with E-state index in [1.165, 1.54) is 11.1 Å². The van der Waals surface area contributed by atoms with E-state index in [-0.39, 0.29) is 0 Å². The summed E-state index contributed by atoms with van der Waals surface area (Å²) in [5.41, 5.74) is 2.46. The lowest BCUT2D eigenvalue weighted by Gasteiger charge is -2.00. The van der Waals surface area contributed by atoms with Crippen molar-refractivity contribution in [2.45, 2.75) is 13.3 Å². The van der Waals surface area contributed by atoms with Crippen molar-refractivity contribution in [3.63, 3.8) is 0 Å². The molecule has 0 spiro atoms. The third-order valence-corrected chi connectivity index (χ3v) is 2.33. The van der Waals surface area contributed by atoms with Crippen LogP contribution in [0.25, 0.3) is 6.08 Å². The van der Waals surface area contributed by atoms with Crippen LogP contribution in [-0.2, 0) is 0 Å². The first-order valence-electron chi connectivity index (χ1n) is 4.81. The van der Waals surface area contributed by atoms with Crippen molar-refractivity contribution in [1.29, 1.82) is 0 Å². The largest absolute Gasteiger partial charge is 0.319 e. The zero-order chi connectivity index (χ0) is 10.4. The van der Waals surface area contributed by atoms with Gasteiger partial charge in [0.1, 0.15) is 0 Å². The van der Waals surface area contributed by atoms with E-state index in [0.717, 1.165) is 18.0 Å². The third-order valence-electron chi connectivity index (χ3n) is 2.10. The molecule has 2 heteroatoms. The van der Waals surface area contributed by atoms with Gasteiger partial charge in [0.2, 0.25) is 0 Å². The maximum atomic E-state index is 5.91. The molecule has 0 radical (unpaired) electrons. The fourth-order valence-electron chi connectivity index (χ4n) is 1.23. The fourth-order valence-corrected chi connectivity index (χ4v) is 1.41. The molecule has 1 aromatic carbocycles. The van der Waals surface area contributed by atoms with E-state index < -0.39 is 0 Å². The van der Waals surface area contributed by atoms with Crippen LogP contribution in [0, 0.1) is 6.92 Å². The molecule has 0 saturated heterocycles. The Hall–Kier alpha value is -0.790. The SMILES string of the molecule is CNCCC=Cc1cc(Cl)ccc1C. The Balaban J connectivity index is 2.65. The topological polar surface area (TPSA) is 12.0 Å². The zero-order valence-corrected chi connectivity index (χ0v) is 9.43. The quantitative estimate of drug-likeness (QED) is 0.751. The third kappa shape index (κ3) is 3.52. The molecule has 0 heterocycles. The highest BCUT2D eigenvalue weighted by Crippen LogP contribution is 2.16. The summed E-state index contributed by atoms with van der Waals surface area (Å²) in [7, 11) is 1.96. The Bertz CT molecular complexity index is 318. The molecular formula is C12H16ClN. The average molecular weight is 210 g/mol. The van der Waals surface area contributed by atoms with Crippen LogP contribution in [0.3, 0.4) is 0 Å². The number of nitrogens with one attached hydrogen (secondary N) is 1. The van der Waals surface area contributed by atoms with Gasteiger partial charge in [0.05, 0.1) is 0 Å². The summed E-state index contributed by atoms with van der Waals surface area (Å²) >= 11 is 5.91. The minimum Gasteiger partial charge on any atom is -0.319 e. The molecule has 76 valence electrons. The highest BCUT2D eigenvalue weighted by Gasteiger charge is 1.94. The Morgan fingerprint density at radius 2 is 2.21 bits per heavy atom. The summed E-state index contributed by atoms with van der Waals surface area (Å²) in [4.78, 5) is 0. The van der Waals surface area contributed by atoms with Gasteiger partial charge in [0.15, 0.2) is 0 Å². The summed E-state index contributed by atoms with van der Waals surface area (Å²) in [6, 6.07) is 5.95. The second kappa shape index (κ2) is 5.84. The van der Waals surface area contributed by atoms with Gasteiger partial charge in [0.25, 0.3) is 0 Å². The van der Waals surface area contributed by atoms with E-state index in [1.54, 1.807) is 0 Å². The smallest absolute Gasteiger partial charge is 0.0412 e. The summed E-state index contributed by atoms with van der Waals surface area (Å²) in [5, 5.41) is 3.90. The van der Waals surface area contributed by atoms with Crippen LogP contribution >= 0.6 is 11.6 Å². The molecule has 0 atom stereocenters. The van der Waals surface area contributed by atoms with Crippen LogP contribution in [0.2, 0.25) is 5.02 Å². The van der Waals surface area contributed by atoms with Crippen molar-refractivity contribution in [1.82, 2.24) is 5.32 Å². The molecule has 0 fully saturated rings. The molecule has 1 nitrogen and oxygen atoms in total. The van der Waals surface area contributed by atoms with E-state index >= 15 is 0 Å². The maximum Gasteiger partial charge on any atom is 0.0412 e. The lowest BCUT2D eigenvalue weighted by atomic mass is 10.1. The molecule has 0 saturated carbocycles. The highest BCUT2D eigenvalue weighted by atomic mass is 35.5. The van der Waals surface area contributed by atoms with Gasteiger partial charge in [-0.3, -0.25) is 0 Å². The minimum absolute atomic E-state index is 0.795. The normalized spacial score (nSPS) is 11.1. The molecule has 0 amide bonds. The number of hydrogen-bond donors (Lipinski definition) is 1. The molecular weight excluding hydrogens is 194 g/mol. The van der Waals surface area contributed by atoms with Gasteiger partial charge >= 0.3 is 0 Å². The first kappa shape index (κ1) is 11.3. The van der Waals surface area contributed by atoms with Crippen LogP contribution < -0.4 is 5.32 Å². The van der Waals surface area contributed by atoms with E-state index in [1.807, 2.05) is 25.2 Å². The van der Waals surface area contributed by atoms with Gasteiger partial charge < -0.3 is 5.32 Å². The Kier molecular flexibility index (Phi) is 4.71. The highest BCUT2D eigenvalue weighted by molar-refractivity contribution is 6.30. The number of aryl methyl sites for hydroxylation is 1. The zero-order valence-electron chi connectivity index (χ0n) is 8.68. The molecule has 14 heavy (non-hydrogen) atoms. The van der Waals surface area contributed by atoms with Crippen LogP contribution in [-0.4, -0.2) is 13.6 Å². The fraction of sp³-hybridized carbons (Fsp3) is 0.333. The van der Waals surface area contributed by atoms with Crippen LogP contribution in [0.15, 0.2) is 24.3 Å².